The van der Waals surface area contributed by atoms with E-state index in [4.69, 9.17) is 14.2 Å². The van der Waals surface area contributed by atoms with Crippen LogP contribution in [-0.4, -0.2) is 34.5 Å². The molecule has 4 heteroatoms. The predicted octanol–water partition coefficient (Wildman–Crippen LogP) is 1.93. The molecule has 0 heterocycles. The minimum absolute atomic E-state index is 0.398. The van der Waals surface area contributed by atoms with Crippen LogP contribution in [0.5, 0.6) is 11.5 Å². The maximum atomic E-state index is 5.36. The Morgan fingerprint density at radius 2 is 1.89 bits per heavy atom. The summed E-state index contributed by atoms with van der Waals surface area (Å²) in [5.74, 6) is 1.62. The van der Waals surface area contributed by atoms with E-state index in [9.17, 15) is 0 Å². The summed E-state index contributed by atoms with van der Waals surface area (Å²) in [5, 5.41) is 3.51. The number of nitrogens with one attached hydrogen (secondary N) is 1. The van der Waals surface area contributed by atoms with E-state index in [1.54, 1.807) is 21.3 Å². The molecule has 0 saturated carbocycles. The highest BCUT2D eigenvalue weighted by atomic mass is 16.5. The molecule has 4 nitrogen and oxygen atoms in total. The monoisotopic (exact) mass is 251 g/mol. The van der Waals surface area contributed by atoms with E-state index in [-0.39, 0.29) is 0 Å². The maximum Gasteiger partial charge on any atom is 0.161 e. The van der Waals surface area contributed by atoms with E-state index < -0.39 is 0 Å². The number of rotatable bonds is 6. The topological polar surface area (TPSA) is 39.7 Å². The van der Waals surface area contributed by atoms with Crippen LogP contribution in [-0.2, 0) is 11.2 Å². The third-order valence-corrected chi connectivity index (χ3v) is 3.42. The van der Waals surface area contributed by atoms with Crippen LogP contribution in [0.1, 0.15) is 23.6 Å². The lowest BCUT2D eigenvalue weighted by Gasteiger charge is -2.16. The van der Waals surface area contributed by atoms with E-state index in [0.29, 0.717) is 6.04 Å². The van der Waals surface area contributed by atoms with Gasteiger partial charge in [-0.3, -0.25) is 0 Å². The van der Waals surface area contributed by atoms with Crippen LogP contribution >= 0.6 is 0 Å². The van der Waals surface area contributed by atoms with Gasteiger partial charge in [-0.15, -0.1) is 0 Å². The van der Waals surface area contributed by atoms with Gasteiger partial charge in [0, 0.05) is 19.7 Å². The molecule has 0 radical (unpaired) electrons. The molecule has 1 aliphatic carbocycles. The molecule has 0 spiro atoms. The van der Waals surface area contributed by atoms with Crippen LogP contribution in [0, 0.1) is 0 Å². The first-order chi connectivity index (χ1) is 8.80. The molecule has 1 aromatic rings. The average molecular weight is 251 g/mol. The minimum Gasteiger partial charge on any atom is -0.493 e. The summed E-state index contributed by atoms with van der Waals surface area (Å²) in [5.41, 5.74) is 2.67. The van der Waals surface area contributed by atoms with Crippen LogP contribution in [0.25, 0.3) is 0 Å². The van der Waals surface area contributed by atoms with Crippen molar-refractivity contribution in [3.63, 3.8) is 0 Å². The van der Waals surface area contributed by atoms with Crippen LogP contribution in [0.3, 0.4) is 0 Å². The molecule has 0 saturated heterocycles. The third-order valence-electron chi connectivity index (χ3n) is 3.42. The van der Waals surface area contributed by atoms with Crippen molar-refractivity contribution in [3.05, 3.63) is 23.3 Å². The van der Waals surface area contributed by atoms with Crippen LogP contribution in [0.4, 0.5) is 0 Å². The van der Waals surface area contributed by atoms with Crippen molar-refractivity contribution in [1.29, 1.82) is 0 Å². The van der Waals surface area contributed by atoms with Crippen molar-refractivity contribution >= 4 is 0 Å². The van der Waals surface area contributed by atoms with Crippen LogP contribution in [0.2, 0.25) is 0 Å². The zero-order valence-corrected chi connectivity index (χ0v) is 11.3. The summed E-state index contributed by atoms with van der Waals surface area (Å²) in [6.45, 7) is 1.61. The zero-order chi connectivity index (χ0) is 13.0. The van der Waals surface area contributed by atoms with Crippen LogP contribution < -0.4 is 14.8 Å². The second-order valence-electron chi connectivity index (χ2n) is 4.44. The summed E-state index contributed by atoms with van der Waals surface area (Å²) in [6, 6.07) is 4.58. The van der Waals surface area contributed by atoms with Gasteiger partial charge in [0.1, 0.15) is 0 Å². The fourth-order valence-corrected chi connectivity index (χ4v) is 2.48. The van der Waals surface area contributed by atoms with E-state index >= 15 is 0 Å². The maximum absolute atomic E-state index is 5.36. The predicted molar refractivity (Wildman–Crippen MR) is 70.5 cm³/mol. The van der Waals surface area contributed by atoms with Crippen molar-refractivity contribution < 1.29 is 14.2 Å². The van der Waals surface area contributed by atoms with Gasteiger partial charge in [0.25, 0.3) is 0 Å². The average Bonchev–Trinajstić information content (AvgIpc) is 2.80. The van der Waals surface area contributed by atoms with E-state index in [1.807, 2.05) is 0 Å². The number of hydrogen-bond donors (Lipinski definition) is 1. The molecular weight excluding hydrogens is 230 g/mol. The van der Waals surface area contributed by atoms with Crippen molar-refractivity contribution in [2.75, 3.05) is 34.5 Å². The highest BCUT2D eigenvalue weighted by Gasteiger charge is 2.24. The molecule has 0 aromatic heterocycles. The quantitative estimate of drug-likeness (QED) is 0.784. The smallest absolute Gasteiger partial charge is 0.161 e. The summed E-state index contributed by atoms with van der Waals surface area (Å²) < 4.78 is 15.8. The molecule has 1 aliphatic rings. The number of aryl methyl sites for hydroxylation is 1. The molecular formula is C14H21NO3. The van der Waals surface area contributed by atoms with E-state index in [0.717, 1.165) is 37.5 Å². The molecule has 1 aromatic carbocycles. The Balaban J connectivity index is 2.16. The first-order valence-electron chi connectivity index (χ1n) is 6.27. The molecule has 0 fully saturated rings. The fourth-order valence-electron chi connectivity index (χ4n) is 2.48. The zero-order valence-electron chi connectivity index (χ0n) is 11.3. The van der Waals surface area contributed by atoms with Gasteiger partial charge in [-0.2, -0.15) is 0 Å². The van der Waals surface area contributed by atoms with Crippen molar-refractivity contribution in [1.82, 2.24) is 5.32 Å². The molecule has 0 aliphatic heterocycles. The SMILES string of the molecule is COCCN[C@H]1CCc2cc(OC)c(OC)cc21. The van der Waals surface area contributed by atoms with Crippen molar-refractivity contribution in [2.24, 2.45) is 0 Å². The minimum atomic E-state index is 0.398. The number of fused-ring (bicyclic) bond motifs is 1. The molecule has 1 atom stereocenters. The first kappa shape index (κ1) is 13.2. The molecule has 1 N–H and O–H groups in total. The van der Waals surface area contributed by atoms with Gasteiger partial charge in [0.15, 0.2) is 11.5 Å². The van der Waals surface area contributed by atoms with Gasteiger partial charge in [0.05, 0.1) is 20.8 Å². The molecule has 18 heavy (non-hydrogen) atoms. The second kappa shape index (κ2) is 6.07. The van der Waals surface area contributed by atoms with E-state index in [2.05, 4.69) is 17.4 Å². The van der Waals surface area contributed by atoms with Crippen molar-refractivity contribution in [2.45, 2.75) is 18.9 Å². The van der Waals surface area contributed by atoms with Crippen molar-refractivity contribution in [3.8, 4) is 11.5 Å². The lowest BCUT2D eigenvalue weighted by Crippen LogP contribution is -2.23. The number of methoxy groups -OCH3 is 3. The Bertz CT molecular complexity index is 406. The molecule has 0 amide bonds. The Morgan fingerprint density at radius 1 is 1.17 bits per heavy atom. The highest BCUT2D eigenvalue weighted by molar-refractivity contribution is 5.50. The van der Waals surface area contributed by atoms with Gasteiger partial charge in [-0.1, -0.05) is 0 Å². The summed E-state index contributed by atoms with van der Waals surface area (Å²) in [4.78, 5) is 0. The molecule has 0 unspecified atom stereocenters. The standard InChI is InChI=1S/C14H21NO3/c1-16-7-6-15-12-5-4-10-8-13(17-2)14(18-3)9-11(10)12/h8-9,12,15H,4-7H2,1-3H3/t12-/m0/s1. The molecule has 0 bridgehead atoms. The van der Waals surface area contributed by atoms with Gasteiger partial charge in [0.2, 0.25) is 0 Å². The number of hydrogen-bond acceptors (Lipinski definition) is 4. The summed E-state index contributed by atoms with van der Waals surface area (Å²) >= 11 is 0. The van der Waals surface area contributed by atoms with Crippen LogP contribution in [0.15, 0.2) is 12.1 Å². The Kier molecular flexibility index (Phi) is 4.44. The fraction of sp³-hybridized carbons (Fsp3) is 0.571. The number of benzene rings is 1. The van der Waals surface area contributed by atoms with Gasteiger partial charge < -0.3 is 19.5 Å². The first-order valence-corrected chi connectivity index (χ1v) is 6.27. The molecule has 100 valence electrons. The Hall–Kier alpha value is -1.26. The summed E-state index contributed by atoms with van der Waals surface area (Å²) in [6.07, 6.45) is 2.20. The lowest BCUT2D eigenvalue weighted by molar-refractivity contribution is 0.195. The normalized spacial score (nSPS) is 17.6. The highest BCUT2D eigenvalue weighted by Crippen LogP contribution is 2.39. The van der Waals surface area contributed by atoms with Gasteiger partial charge >= 0.3 is 0 Å². The number of ether oxygens (including phenoxy) is 3. The van der Waals surface area contributed by atoms with Gasteiger partial charge in [-0.25, -0.2) is 0 Å². The third kappa shape index (κ3) is 2.60. The van der Waals surface area contributed by atoms with Gasteiger partial charge in [-0.05, 0) is 36.1 Å². The Morgan fingerprint density at radius 3 is 2.56 bits per heavy atom. The largest absolute Gasteiger partial charge is 0.493 e. The second-order valence-corrected chi connectivity index (χ2v) is 4.44. The lowest BCUT2D eigenvalue weighted by atomic mass is 10.1. The van der Waals surface area contributed by atoms with E-state index in [1.165, 1.54) is 11.1 Å². The summed E-state index contributed by atoms with van der Waals surface area (Å²) in [7, 11) is 5.07. The Labute approximate surface area is 108 Å². The molecule has 2 rings (SSSR count).